The summed E-state index contributed by atoms with van der Waals surface area (Å²) in [6.45, 7) is 4.33. The number of nitrogens with zero attached hydrogens (tertiary/aromatic N) is 2. The van der Waals surface area contributed by atoms with E-state index in [0.717, 1.165) is 23.6 Å². The lowest BCUT2D eigenvalue weighted by molar-refractivity contribution is -0.115. The number of carbonyl (C=O) groups excluding carboxylic acids is 1. The second-order valence-electron chi connectivity index (χ2n) is 9.25. The molecule has 0 spiro atoms. The van der Waals surface area contributed by atoms with E-state index in [0.29, 0.717) is 23.3 Å². The number of aromatic nitrogens is 2. The van der Waals surface area contributed by atoms with E-state index in [1.165, 1.54) is 50.3 Å². The molecule has 1 N–H and O–H groups in total. The first-order valence-corrected chi connectivity index (χ1v) is 12.0. The molecule has 6 rings (SSSR count). The molecule has 6 nitrogen and oxygen atoms in total. The van der Waals surface area contributed by atoms with E-state index >= 15 is 0 Å². The van der Waals surface area contributed by atoms with E-state index in [1.54, 1.807) is 0 Å². The van der Waals surface area contributed by atoms with E-state index in [-0.39, 0.29) is 16.6 Å². The molecule has 4 bridgehead atoms. The maximum atomic E-state index is 12.7. The highest BCUT2D eigenvalue weighted by molar-refractivity contribution is 8.00. The lowest BCUT2D eigenvalue weighted by Gasteiger charge is -2.55. The highest BCUT2D eigenvalue weighted by atomic mass is 32.2. The average molecular weight is 428 g/mol. The van der Waals surface area contributed by atoms with E-state index in [1.807, 2.05) is 38.1 Å². The van der Waals surface area contributed by atoms with Crippen LogP contribution >= 0.6 is 11.8 Å². The molecule has 4 aliphatic rings. The van der Waals surface area contributed by atoms with Crippen molar-refractivity contribution < 1.29 is 13.9 Å². The molecule has 0 saturated heterocycles. The molecule has 0 aliphatic heterocycles. The Kier molecular flexibility index (Phi) is 5.25. The van der Waals surface area contributed by atoms with Crippen LogP contribution in [-0.2, 0) is 10.2 Å². The number of anilines is 1. The Bertz CT molecular complexity index is 893. The number of para-hydroxylation sites is 2. The third kappa shape index (κ3) is 3.72. The van der Waals surface area contributed by atoms with Gasteiger partial charge in [-0.25, -0.2) is 0 Å². The van der Waals surface area contributed by atoms with Gasteiger partial charge in [-0.3, -0.25) is 4.79 Å². The van der Waals surface area contributed by atoms with Gasteiger partial charge in [0, 0.05) is 5.41 Å². The Morgan fingerprint density at radius 2 is 1.87 bits per heavy atom. The molecule has 0 unspecified atom stereocenters. The van der Waals surface area contributed by atoms with Crippen LogP contribution in [0.25, 0.3) is 0 Å². The summed E-state index contributed by atoms with van der Waals surface area (Å²) in [5.74, 6) is 3.85. The number of rotatable bonds is 7. The van der Waals surface area contributed by atoms with Gasteiger partial charge in [-0.2, -0.15) is 0 Å². The van der Waals surface area contributed by atoms with Crippen molar-refractivity contribution in [3.05, 3.63) is 30.2 Å². The van der Waals surface area contributed by atoms with E-state index < -0.39 is 0 Å². The first kappa shape index (κ1) is 19.9. The highest BCUT2D eigenvalue weighted by Crippen LogP contribution is 2.60. The van der Waals surface area contributed by atoms with Gasteiger partial charge in [-0.1, -0.05) is 23.9 Å². The summed E-state index contributed by atoms with van der Waals surface area (Å²) in [6, 6.07) is 7.47. The predicted molar refractivity (Wildman–Crippen MR) is 116 cm³/mol. The molecule has 1 aromatic carbocycles. The summed E-state index contributed by atoms with van der Waals surface area (Å²) < 4.78 is 11.7. The quantitative estimate of drug-likeness (QED) is 0.623. The van der Waals surface area contributed by atoms with Gasteiger partial charge in [0.1, 0.15) is 5.75 Å². The summed E-state index contributed by atoms with van der Waals surface area (Å²) in [5, 5.41) is 11.8. The molecule has 1 amide bonds. The minimum atomic E-state index is -0.357. The van der Waals surface area contributed by atoms with Crippen LogP contribution in [0.1, 0.15) is 58.3 Å². The average Bonchev–Trinajstić information content (AvgIpc) is 3.18. The smallest absolute Gasteiger partial charge is 0.277 e. The SMILES string of the molecule is CCOc1ccccc1NC(=O)[C@H](C)Sc1nnc(C23CC4CC(CC(C4)C2)C3)o1. The Hall–Kier alpha value is -2.02. The Morgan fingerprint density at radius 3 is 2.53 bits per heavy atom. The number of hydrogen-bond donors (Lipinski definition) is 1. The molecule has 1 atom stereocenters. The van der Waals surface area contributed by atoms with Gasteiger partial charge in [0.25, 0.3) is 5.22 Å². The van der Waals surface area contributed by atoms with Gasteiger partial charge in [0.2, 0.25) is 11.8 Å². The van der Waals surface area contributed by atoms with E-state index in [2.05, 4.69) is 15.5 Å². The maximum absolute atomic E-state index is 12.7. The van der Waals surface area contributed by atoms with Gasteiger partial charge in [-0.15, -0.1) is 10.2 Å². The normalized spacial score (nSPS) is 30.3. The second-order valence-corrected chi connectivity index (χ2v) is 10.5. The third-order valence-corrected chi connectivity index (χ3v) is 7.92. The molecule has 2 aromatic rings. The monoisotopic (exact) mass is 427 g/mol. The third-order valence-electron chi connectivity index (χ3n) is 6.99. The summed E-state index contributed by atoms with van der Waals surface area (Å²) in [6.07, 6.45) is 7.72. The van der Waals surface area contributed by atoms with Gasteiger partial charge < -0.3 is 14.5 Å². The minimum absolute atomic E-state index is 0.0858. The number of nitrogens with one attached hydrogen (secondary N) is 1. The molecule has 1 heterocycles. The largest absolute Gasteiger partial charge is 0.492 e. The van der Waals surface area contributed by atoms with E-state index in [4.69, 9.17) is 9.15 Å². The van der Waals surface area contributed by atoms with Crippen LogP contribution in [0.2, 0.25) is 0 Å². The molecule has 0 radical (unpaired) electrons. The van der Waals surface area contributed by atoms with Crippen molar-refractivity contribution in [2.45, 2.75) is 68.3 Å². The Balaban J connectivity index is 1.25. The first-order chi connectivity index (χ1) is 14.5. The maximum Gasteiger partial charge on any atom is 0.277 e. The lowest BCUT2D eigenvalue weighted by atomic mass is 9.49. The van der Waals surface area contributed by atoms with Crippen LogP contribution in [0.15, 0.2) is 33.9 Å². The van der Waals surface area contributed by atoms with Crippen molar-refractivity contribution in [2.75, 3.05) is 11.9 Å². The summed E-state index contributed by atoms with van der Waals surface area (Å²) in [5.41, 5.74) is 0.763. The predicted octanol–water partition coefficient (Wildman–Crippen LogP) is 5.06. The molecule has 1 aromatic heterocycles. The number of hydrogen-bond acceptors (Lipinski definition) is 6. The molecule has 7 heteroatoms. The lowest BCUT2D eigenvalue weighted by Crippen LogP contribution is -2.48. The van der Waals surface area contributed by atoms with Crippen LogP contribution in [0, 0.1) is 17.8 Å². The van der Waals surface area contributed by atoms with Crippen molar-refractivity contribution in [3.8, 4) is 5.75 Å². The molecule has 4 aliphatic carbocycles. The van der Waals surface area contributed by atoms with Crippen LogP contribution in [0.3, 0.4) is 0 Å². The van der Waals surface area contributed by atoms with Crippen LogP contribution in [0.5, 0.6) is 5.75 Å². The summed E-state index contributed by atoms with van der Waals surface area (Å²) in [4.78, 5) is 12.7. The zero-order valence-electron chi connectivity index (χ0n) is 17.6. The minimum Gasteiger partial charge on any atom is -0.492 e. The van der Waals surface area contributed by atoms with Gasteiger partial charge in [0.05, 0.1) is 17.5 Å². The van der Waals surface area contributed by atoms with Crippen LogP contribution in [-0.4, -0.2) is 28.0 Å². The zero-order chi connectivity index (χ0) is 20.7. The molecule has 4 fully saturated rings. The van der Waals surface area contributed by atoms with Gasteiger partial charge >= 0.3 is 0 Å². The Labute approximate surface area is 181 Å². The molecule has 30 heavy (non-hydrogen) atoms. The van der Waals surface area contributed by atoms with Gasteiger partial charge in [-0.05, 0) is 82.3 Å². The Morgan fingerprint density at radius 1 is 1.20 bits per heavy atom. The number of benzene rings is 1. The highest BCUT2D eigenvalue weighted by Gasteiger charge is 2.54. The van der Waals surface area contributed by atoms with Crippen LogP contribution in [0.4, 0.5) is 5.69 Å². The standard InChI is InChI=1S/C23H29N3O3S/c1-3-28-19-7-5-4-6-18(19)24-20(27)14(2)30-22-26-25-21(29-22)23-11-15-8-16(12-23)10-17(9-15)13-23/h4-7,14-17H,3,8-13H2,1-2H3,(H,24,27)/t14-,15?,16?,17?,23?/m0/s1. The van der Waals surface area contributed by atoms with Crippen molar-refractivity contribution in [2.24, 2.45) is 17.8 Å². The fraction of sp³-hybridized carbons (Fsp3) is 0.609. The zero-order valence-corrected chi connectivity index (χ0v) is 18.4. The topological polar surface area (TPSA) is 77.2 Å². The fourth-order valence-corrected chi connectivity index (χ4v) is 6.82. The second kappa shape index (κ2) is 7.91. The molecule has 160 valence electrons. The summed E-state index contributed by atoms with van der Waals surface area (Å²) >= 11 is 1.32. The summed E-state index contributed by atoms with van der Waals surface area (Å²) in [7, 11) is 0. The van der Waals surface area contributed by atoms with Crippen molar-refractivity contribution in [1.29, 1.82) is 0 Å². The van der Waals surface area contributed by atoms with Crippen molar-refractivity contribution in [1.82, 2.24) is 10.2 Å². The van der Waals surface area contributed by atoms with Crippen molar-refractivity contribution >= 4 is 23.4 Å². The number of thioether (sulfide) groups is 1. The fourth-order valence-electron chi connectivity index (χ4n) is 6.13. The number of carbonyl (C=O) groups is 1. The number of amides is 1. The molecule has 4 saturated carbocycles. The number of ether oxygens (including phenoxy) is 1. The van der Waals surface area contributed by atoms with Gasteiger partial charge in [0.15, 0.2) is 0 Å². The molecular weight excluding hydrogens is 398 g/mol. The molecular formula is C23H29N3O3S. The van der Waals surface area contributed by atoms with E-state index in [9.17, 15) is 4.79 Å². The van der Waals surface area contributed by atoms with Crippen LogP contribution < -0.4 is 10.1 Å². The first-order valence-electron chi connectivity index (χ1n) is 11.1. The van der Waals surface area contributed by atoms with Crippen molar-refractivity contribution in [3.63, 3.8) is 0 Å².